The van der Waals surface area contributed by atoms with Crippen LogP contribution in [0.1, 0.15) is 24.8 Å². The van der Waals surface area contributed by atoms with Crippen LogP contribution in [-0.2, 0) is 4.74 Å². The highest BCUT2D eigenvalue weighted by Gasteiger charge is 2.30. The number of benzene rings is 1. The van der Waals surface area contributed by atoms with Gasteiger partial charge in [0.2, 0.25) is 0 Å². The molecule has 1 aromatic rings. The predicted octanol–water partition coefficient (Wildman–Crippen LogP) is 4.04. The standard InChI is InChI=1S/C15H17BrO2/c1-10-8-15(11-4-6-17-7-5-11)18-14-3-2-12(16)9-13(10)14/h2-3,9,11,15H,1,4-8H2. The number of hydrogen-bond acceptors (Lipinski definition) is 2. The Hall–Kier alpha value is -0.800. The van der Waals surface area contributed by atoms with Crippen LogP contribution in [0.15, 0.2) is 29.3 Å². The zero-order valence-corrected chi connectivity index (χ0v) is 11.9. The number of halogens is 1. The van der Waals surface area contributed by atoms with Gasteiger partial charge >= 0.3 is 0 Å². The average molecular weight is 309 g/mol. The molecule has 0 aliphatic carbocycles. The van der Waals surface area contributed by atoms with Gasteiger partial charge in [-0.1, -0.05) is 22.5 Å². The normalized spacial score (nSPS) is 24.5. The second-order valence-corrected chi connectivity index (χ2v) is 5.97. The van der Waals surface area contributed by atoms with Gasteiger partial charge in [-0.2, -0.15) is 0 Å². The molecule has 1 atom stereocenters. The molecule has 0 N–H and O–H groups in total. The maximum absolute atomic E-state index is 6.16. The molecule has 1 unspecified atom stereocenters. The van der Waals surface area contributed by atoms with Gasteiger partial charge in [-0.25, -0.2) is 0 Å². The molecule has 1 fully saturated rings. The molecular formula is C15H17BrO2. The molecule has 3 heteroatoms. The van der Waals surface area contributed by atoms with Gasteiger partial charge in [0, 0.05) is 35.6 Å². The molecule has 96 valence electrons. The molecular weight excluding hydrogens is 292 g/mol. The fraction of sp³-hybridized carbons (Fsp3) is 0.467. The van der Waals surface area contributed by atoms with E-state index in [4.69, 9.17) is 9.47 Å². The zero-order valence-electron chi connectivity index (χ0n) is 10.3. The van der Waals surface area contributed by atoms with E-state index in [1.807, 2.05) is 12.1 Å². The molecule has 3 rings (SSSR count). The monoisotopic (exact) mass is 308 g/mol. The van der Waals surface area contributed by atoms with Gasteiger partial charge in [-0.3, -0.25) is 0 Å². The maximum atomic E-state index is 6.16. The summed E-state index contributed by atoms with van der Waals surface area (Å²) < 4.78 is 12.7. The summed E-state index contributed by atoms with van der Waals surface area (Å²) in [6.45, 7) is 5.94. The van der Waals surface area contributed by atoms with Gasteiger partial charge in [-0.05, 0) is 36.6 Å². The van der Waals surface area contributed by atoms with Crippen LogP contribution in [0.4, 0.5) is 0 Å². The summed E-state index contributed by atoms with van der Waals surface area (Å²) in [4.78, 5) is 0. The Labute approximate surface area is 116 Å². The van der Waals surface area contributed by atoms with Crippen LogP contribution in [0.3, 0.4) is 0 Å². The first-order valence-electron chi connectivity index (χ1n) is 6.46. The van der Waals surface area contributed by atoms with Gasteiger partial charge in [0.1, 0.15) is 11.9 Å². The lowest BCUT2D eigenvalue weighted by Gasteiger charge is -2.35. The summed E-state index contributed by atoms with van der Waals surface area (Å²) in [6.07, 6.45) is 3.41. The summed E-state index contributed by atoms with van der Waals surface area (Å²) in [5.74, 6) is 1.58. The van der Waals surface area contributed by atoms with Crippen molar-refractivity contribution in [3.05, 3.63) is 34.8 Å². The molecule has 2 heterocycles. The minimum atomic E-state index is 0.273. The molecule has 1 saturated heterocycles. The lowest BCUT2D eigenvalue weighted by Crippen LogP contribution is -2.34. The van der Waals surface area contributed by atoms with Crippen molar-refractivity contribution < 1.29 is 9.47 Å². The lowest BCUT2D eigenvalue weighted by atomic mass is 9.86. The Morgan fingerprint density at radius 3 is 2.78 bits per heavy atom. The van der Waals surface area contributed by atoms with Crippen LogP contribution in [0, 0.1) is 5.92 Å². The van der Waals surface area contributed by atoms with E-state index in [2.05, 4.69) is 28.6 Å². The van der Waals surface area contributed by atoms with E-state index >= 15 is 0 Å². The Morgan fingerprint density at radius 1 is 1.22 bits per heavy atom. The van der Waals surface area contributed by atoms with Crippen molar-refractivity contribution in [3.8, 4) is 5.75 Å². The Morgan fingerprint density at radius 2 is 2.00 bits per heavy atom. The molecule has 0 saturated carbocycles. The Kier molecular flexibility index (Phi) is 3.44. The van der Waals surface area contributed by atoms with Crippen LogP contribution < -0.4 is 4.74 Å². The highest BCUT2D eigenvalue weighted by Crippen LogP contribution is 2.39. The van der Waals surface area contributed by atoms with Crippen molar-refractivity contribution in [2.24, 2.45) is 5.92 Å². The van der Waals surface area contributed by atoms with E-state index in [-0.39, 0.29) is 6.10 Å². The van der Waals surface area contributed by atoms with E-state index in [0.29, 0.717) is 5.92 Å². The SMILES string of the molecule is C=C1CC(C2CCOCC2)Oc2ccc(Br)cc21. The summed E-state index contributed by atoms with van der Waals surface area (Å²) in [6, 6.07) is 6.16. The molecule has 0 radical (unpaired) electrons. The highest BCUT2D eigenvalue weighted by molar-refractivity contribution is 9.10. The topological polar surface area (TPSA) is 18.5 Å². The van der Waals surface area contributed by atoms with Crippen LogP contribution in [-0.4, -0.2) is 19.3 Å². The molecule has 18 heavy (non-hydrogen) atoms. The number of fused-ring (bicyclic) bond motifs is 1. The van der Waals surface area contributed by atoms with Crippen LogP contribution in [0.25, 0.3) is 5.57 Å². The first-order valence-corrected chi connectivity index (χ1v) is 7.25. The molecule has 0 amide bonds. The van der Waals surface area contributed by atoms with Crippen molar-refractivity contribution >= 4 is 21.5 Å². The van der Waals surface area contributed by atoms with Gasteiger partial charge in [0.25, 0.3) is 0 Å². The van der Waals surface area contributed by atoms with E-state index in [9.17, 15) is 0 Å². The second-order valence-electron chi connectivity index (χ2n) is 5.05. The van der Waals surface area contributed by atoms with Gasteiger partial charge in [-0.15, -0.1) is 0 Å². The fourth-order valence-corrected chi connectivity index (χ4v) is 3.15. The van der Waals surface area contributed by atoms with Crippen LogP contribution >= 0.6 is 15.9 Å². The minimum Gasteiger partial charge on any atom is -0.489 e. The molecule has 1 aromatic carbocycles. The average Bonchev–Trinajstić information content (AvgIpc) is 2.40. The highest BCUT2D eigenvalue weighted by atomic mass is 79.9. The third-order valence-electron chi connectivity index (χ3n) is 3.84. The fourth-order valence-electron chi connectivity index (χ4n) is 2.79. The lowest BCUT2D eigenvalue weighted by molar-refractivity contribution is 0.0176. The minimum absolute atomic E-state index is 0.273. The van der Waals surface area contributed by atoms with E-state index in [1.165, 1.54) is 5.57 Å². The van der Waals surface area contributed by atoms with Gasteiger partial charge < -0.3 is 9.47 Å². The summed E-state index contributed by atoms with van der Waals surface area (Å²) in [7, 11) is 0. The smallest absolute Gasteiger partial charge is 0.127 e. The van der Waals surface area contributed by atoms with Crippen LogP contribution in [0.2, 0.25) is 0 Å². The summed E-state index contributed by atoms with van der Waals surface area (Å²) in [5.41, 5.74) is 2.33. The third kappa shape index (κ3) is 2.34. The van der Waals surface area contributed by atoms with Gasteiger partial charge in [0.05, 0.1) is 0 Å². The van der Waals surface area contributed by atoms with Crippen LogP contribution in [0.5, 0.6) is 5.75 Å². The maximum Gasteiger partial charge on any atom is 0.127 e. The third-order valence-corrected chi connectivity index (χ3v) is 4.33. The number of ether oxygens (including phenoxy) is 2. The van der Waals surface area contributed by atoms with E-state index in [0.717, 1.165) is 48.3 Å². The Balaban J connectivity index is 1.82. The first-order chi connectivity index (χ1) is 8.74. The van der Waals surface area contributed by atoms with Crippen molar-refractivity contribution in [3.63, 3.8) is 0 Å². The molecule has 2 aliphatic heterocycles. The van der Waals surface area contributed by atoms with Crippen molar-refractivity contribution in [1.82, 2.24) is 0 Å². The van der Waals surface area contributed by atoms with Crippen molar-refractivity contribution in [2.75, 3.05) is 13.2 Å². The van der Waals surface area contributed by atoms with Crippen molar-refractivity contribution in [1.29, 1.82) is 0 Å². The summed E-state index contributed by atoms with van der Waals surface area (Å²) >= 11 is 3.50. The largest absolute Gasteiger partial charge is 0.489 e. The second kappa shape index (κ2) is 5.06. The molecule has 0 spiro atoms. The molecule has 0 aromatic heterocycles. The van der Waals surface area contributed by atoms with E-state index in [1.54, 1.807) is 0 Å². The first kappa shape index (κ1) is 12.2. The van der Waals surface area contributed by atoms with Gasteiger partial charge in [0.15, 0.2) is 0 Å². The number of hydrogen-bond donors (Lipinski definition) is 0. The quantitative estimate of drug-likeness (QED) is 0.779. The molecule has 2 nitrogen and oxygen atoms in total. The molecule has 2 aliphatic rings. The zero-order chi connectivity index (χ0) is 12.5. The number of rotatable bonds is 1. The summed E-state index contributed by atoms with van der Waals surface area (Å²) in [5, 5.41) is 0. The Bertz CT molecular complexity index is 464. The van der Waals surface area contributed by atoms with Crippen molar-refractivity contribution in [2.45, 2.75) is 25.4 Å². The predicted molar refractivity (Wildman–Crippen MR) is 75.8 cm³/mol. The molecule has 0 bridgehead atoms. The van der Waals surface area contributed by atoms with E-state index < -0.39 is 0 Å².